The van der Waals surface area contributed by atoms with E-state index in [0.29, 0.717) is 28.8 Å². The van der Waals surface area contributed by atoms with Gasteiger partial charge >= 0.3 is 5.97 Å². The standard InChI is InChI=1S/C31H35ClN4O6.C2H6/c1-19(2)42-31(41)25(34-29(39)28-24(32)6-5-7-27(28)38)15-20-8-10-21(11-9-20)17-36(18-37)30(40)23-14-22(16-33)12-13-26(23)35(3)4;1-2/h5-14,18-19,25,38H,15-17,33H2,1-4H3,(H,34,39);1-2H3. The van der Waals surface area contributed by atoms with E-state index >= 15 is 0 Å². The molecule has 3 aromatic rings. The lowest BCUT2D eigenvalue weighted by molar-refractivity contribution is -0.149. The molecule has 11 heteroatoms. The summed E-state index contributed by atoms with van der Waals surface area (Å²) in [6.45, 7) is 7.66. The number of nitrogens with two attached hydrogens (primary N) is 1. The van der Waals surface area contributed by atoms with Crippen LogP contribution in [0.3, 0.4) is 0 Å². The van der Waals surface area contributed by atoms with E-state index in [1.165, 1.54) is 18.2 Å². The number of hydrogen-bond donors (Lipinski definition) is 3. The number of ether oxygens (including phenoxy) is 1. The minimum absolute atomic E-state index is 0.0175. The Morgan fingerprint density at radius 3 is 2.16 bits per heavy atom. The van der Waals surface area contributed by atoms with Gasteiger partial charge in [-0.1, -0.05) is 61.8 Å². The fourth-order valence-corrected chi connectivity index (χ4v) is 4.53. The largest absolute Gasteiger partial charge is 0.507 e. The summed E-state index contributed by atoms with van der Waals surface area (Å²) >= 11 is 6.11. The Hall–Kier alpha value is -4.41. The van der Waals surface area contributed by atoms with Crippen LogP contribution in [0.1, 0.15) is 65.1 Å². The smallest absolute Gasteiger partial charge is 0.329 e. The summed E-state index contributed by atoms with van der Waals surface area (Å²) in [5.74, 6) is -2.16. The van der Waals surface area contributed by atoms with Crippen LogP contribution in [0.25, 0.3) is 0 Å². The van der Waals surface area contributed by atoms with E-state index in [4.69, 9.17) is 22.1 Å². The number of anilines is 1. The summed E-state index contributed by atoms with van der Waals surface area (Å²) in [5.41, 5.74) is 8.75. The number of benzene rings is 3. The second-order valence-corrected chi connectivity index (χ2v) is 10.6. The van der Waals surface area contributed by atoms with Crippen molar-refractivity contribution >= 4 is 41.5 Å². The van der Waals surface area contributed by atoms with Crippen LogP contribution in [-0.2, 0) is 33.8 Å². The maximum absolute atomic E-state index is 13.3. The van der Waals surface area contributed by atoms with Crippen molar-refractivity contribution in [1.82, 2.24) is 10.2 Å². The van der Waals surface area contributed by atoms with Crippen molar-refractivity contribution < 1.29 is 29.0 Å². The number of amides is 3. The number of esters is 1. The fourth-order valence-electron chi connectivity index (χ4n) is 4.27. The third-order valence-corrected chi connectivity index (χ3v) is 6.69. The molecule has 0 saturated heterocycles. The van der Waals surface area contributed by atoms with Gasteiger partial charge in [0.05, 0.1) is 28.8 Å². The highest BCUT2D eigenvalue weighted by Crippen LogP contribution is 2.26. The highest BCUT2D eigenvalue weighted by atomic mass is 35.5. The molecule has 0 fully saturated rings. The molecule has 0 bridgehead atoms. The van der Waals surface area contributed by atoms with Crippen molar-refractivity contribution in [3.05, 3.63) is 93.5 Å². The molecule has 3 rings (SSSR count). The van der Waals surface area contributed by atoms with Gasteiger partial charge in [0.25, 0.3) is 11.8 Å². The van der Waals surface area contributed by atoms with E-state index in [9.17, 15) is 24.3 Å². The topological polar surface area (TPSA) is 142 Å². The Morgan fingerprint density at radius 1 is 1.00 bits per heavy atom. The van der Waals surface area contributed by atoms with Crippen molar-refractivity contribution in [1.29, 1.82) is 0 Å². The molecular formula is C33H41ClN4O6. The molecule has 3 aromatic carbocycles. The number of rotatable bonds is 12. The molecule has 10 nitrogen and oxygen atoms in total. The molecule has 0 heterocycles. The second-order valence-electron chi connectivity index (χ2n) is 10.2. The summed E-state index contributed by atoms with van der Waals surface area (Å²) in [5, 5.41) is 12.8. The molecule has 1 atom stereocenters. The molecule has 236 valence electrons. The van der Waals surface area contributed by atoms with Crippen molar-refractivity contribution in [2.45, 2.75) is 59.4 Å². The molecule has 0 aliphatic carbocycles. The van der Waals surface area contributed by atoms with Crippen LogP contribution in [0, 0.1) is 0 Å². The van der Waals surface area contributed by atoms with Crippen LogP contribution in [0.2, 0.25) is 5.02 Å². The Kier molecular flexibility index (Phi) is 13.8. The van der Waals surface area contributed by atoms with Gasteiger partial charge in [0.2, 0.25) is 6.41 Å². The number of carbonyl (C=O) groups excluding carboxylic acids is 4. The first-order chi connectivity index (χ1) is 20.9. The number of carbonyl (C=O) groups is 4. The number of nitrogens with zero attached hydrogens (tertiary/aromatic N) is 2. The lowest BCUT2D eigenvalue weighted by atomic mass is 10.0. The van der Waals surface area contributed by atoms with E-state index in [1.54, 1.807) is 55.1 Å². The van der Waals surface area contributed by atoms with Crippen LogP contribution in [0.15, 0.2) is 60.7 Å². The Bertz CT molecular complexity index is 1420. The van der Waals surface area contributed by atoms with Crippen LogP contribution in [0.4, 0.5) is 5.69 Å². The van der Waals surface area contributed by atoms with Crippen molar-refractivity contribution in [2.75, 3.05) is 19.0 Å². The molecule has 44 heavy (non-hydrogen) atoms. The van der Waals surface area contributed by atoms with Gasteiger partial charge in [0.1, 0.15) is 11.8 Å². The van der Waals surface area contributed by atoms with Gasteiger partial charge in [-0.05, 0) is 54.8 Å². The first-order valence-corrected chi connectivity index (χ1v) is 14.7. The number of phenols is 1. The molecule has 0 saturated carbocycles. The predicted octanol–water partition coefficient (Wildman–Crippen LogP) is 4.69. The van der Waals surface area contributed by atoms with Gasteiger partial charge in [-0.25, -0.2) is 4.79 Å². The van der Waals surface area contributed by atoms with Crippen LogP contribution >= 0.6 is 11.6 Å². The second kappa shape index (κ2) is 17.0. The average molecular weight is 625 g/mol. The molecule has 0 aromatic heterocycles. The van der Waals surface area contributed by atoms with Crippen LogP contribution in [0.5, 0.6) is 5.75 Å². The van der Waals surface area contributed by atoms with E-state index in [0.717, 1.165) is 10.5 Å². The maximum atomic E-state index is 13.3. The molecule has 0 aliphatic heterocycles. The number of nitrogens with one attached hydrogen (secondary N) is 1. The van der Waals surface area contributed by atoms with Gasteiger partial charge in [-0.2, -0.15) is 0 Å². The molecule has 0 spiro atoms. The monoisotopic (exact) mass is 624 g/mol. The van der Waals surface area contributed by atoms with Gasteiger partial charge in [0.15, 0.2) is 0 Å². The van der Waals surface area contributed by atoms with E-state index in [2.05, 4.69) is 5.32 Å². The van der Waals surface area contributed by atoms with E-state index in [1.807, 2.05) is 34.0 Å². The fraction of sp³-hybridized carbons (Fsp3) is 0.333. The summed E-state index contributed by atoms with van der Waals surface area (Å²) in [6, 6.07) is 15.4. The van der Waals surface area contributed by atoms with Crippen LogP contribution in [-0.4, -0.2) is 60.4 Å². The summed E-state index contributed by atoms with van der Waals surface area (Å²) in [7, 11) is 3.62. The number of phenolic OH excluding ortho intramolecular Hbond substituents is 1. The lowest BCUT2D eigenvalue weighted by Gasteiger charge is -2.22. The van der Waals surface area contributed by atoms with Gasteiger partial charge < -0.3 is 25.8 Å². The molecular weight excluding hydrogens is 584 g/mol. The van der Waals surface area contributed by atoms with Crippen molar-refractivity contribution in [2.24, 2.45) is 5.73 Å². The number of imide groups is 1. The quantitative estimate of drug-likeness (QED) is 0.195. The first kappa shape index (κ1) is 35.8. The summed E-state index contributed by atoms with van der Waals surface area (Å²) < 4.78 is 5.34. The van der Waals surface area contributed by atoms with Gasteiger partial charge in [0, 0.05) is 32.7 Å². The third-order valence-electron chi connectivity index (χ3n) is 6.37. The zero-order valence-electron chi connectivity index (χ0n) is 26.0. The van der Waals surface area contributed by atoms with Gasteiger partial charge in [-0.3, -0.25) is 19.3 Å². The SMILES string of the molecule is CC.CC(C)OC(=O)C(Cc1ccc(CN(C=O)C(=O)c2cc(CN)ccc2N(C)C)cc1)NC(=O)c1c(O)cccc1Cl. The maximum Gasteiger partial charge on any atom is 0.329 e. The summed E-state index contributed by atoms with van der Waals surface area (Å²) in [6.07, 6.45) is 0.151. The zero-order chi connectivity index (χ0) is 33.0. The molecule has 0 aliphatic rings. The summed E-state index contributed by atoms with van der Waals surface area (Å²) in [4.78, 5) is 53.9. The Labute approximate surface area is 263 Å². The highest BCUT2D eigenvalue weighted by Gasteiger charge is 2.27. The van der Waals surface area contributed by atoms with Crippen LogP contribution < -0.4 is 16.0 Å². The minimum atomic E-state index is -1.08. The Morgan fingerprint density at radius 2 is 1.61 bits per heavy atom. The predicted molar refractivity (Wildman–Crippen MR) is 172 cm³/mol. The molecule has 0 radical (unpaired) electrons. The first-order valence-electron chi connectivity index (χ1n) is 14.3. The average Bonchev–Trinajstić information content (AvgIpc) is 3.00. The zero-order valence-corrected chi connectivity index (χ0v) is 26.7. The molecule has 3 amide bonds. The van der Waals surface area contributed by atoms with E-state index < -0.39 is 29.9 Å². The molecule has 1 unspecified atom stereocenters. The van der Waals surface area contributed by atoms with Crippen molar-refractivity contribution in [3.8, 4) is 5.75 Å². The van der Waals surface area contributed by atoms with Gasteiger partial charge in [-0.15, -0.1) is 0 Å². The minimum Gasteiger partial charge on any atom is -0.507 e. The lowest BCUT2D eigenvalue weighted by Crippen LogP contribution is -2.44. The Balaban J connectivity index is 0.00000330. The number of hydrogen-bond acceptors (Lipinski definition) is 8. The normalized spacial score (nSPS) is 11.1. The highest BCUT2D eigenvalue weighted by molar-refractivity contribution is 6.34. The molecule has 4 N–H and O–H groups in total. The van der Waals surface area contributed by atoms with Crippen molar-refractivity contribution in [3.63, 3.8) is 0 Å². The number of aromatic hydroxyl groups is 1. The third kappa shape index (κ3) is 9.55. The van der Waals surface area contributed by atoms with E-state index in [-0.39, 0.29) is 35.8 Å². The number of halogens is 1.